The summed E-state index contributed by atoms with van der Waals surface area (Å²) >= 11 is 0. The number of nitrogens with zero attached hydrogens (tertiary/aromatic N) is 2. The molecule has 0 aromatic carbocycles. The van der Waals surface area contributed by atoms with Crippen LogP contribution >= 0.6 is 6.89 Å². The highest BCUT2D eigenvalue weighted by Crippen LogP contribution is 2.43. The summed E-state index contributed by atoms with van der Waals surface area (Å²) in [5.41, 5.74) is 4.80. The van der Waals surface area contributed by atoms with E-state index in [0.29, 0.717) is 18.1 Å². The summed E-state index contributed by atoms with van der Waals surface area (Å²) in [4.78, 5) is 5.66. The fraction of sp³-hybridized carbons (Fsp3) is 0.600. The highest BCUT2D eigenvalue weighted by Gasteiger charge is 2.53. The van der Waals surface area contributed by atoms with Crippen LogP contribution in [0.4, 0.5) is 0 Å². The standard InChI is InChI=1S/C15H26N3O3P/c1-10-17-11(16)6-8-18(10)14-12(19)13(20)15(2,21-14)7-9-22(3,4)5/h6,8,12-14,19-20H,1,3,7,9H2,2,4-5H3,(H2,16,17)/t12?,13-,14+,15+/m0/s1. The van der Waals surface area contributed by atoms with Gasteiger partial charge < -0.3 is 25.6 Å². The van der Waals surface area contributed by atoms with Gasteiger partial charge in [0.15, 0.2) is 6.23 Å². The first kappa shape index (κ1) is 17.3. The lowest BCUT2D eigenvalue weighted by molar-refractivity contribution is -0.104. The number of aliphatic imine (C=N–C) groups is 1. The molecule has 1 unspecified atom stereocenters. The Morgan fingerprint density at radius 3 is 2.68 bits per heavy atom. The van der Waals surface area contributed by atoms with Crippen LogP contribution in [0.2, 0.25) is 0 Å². The molecule has 6 nitrogen and oxygen atoms in total. The van der Waals surface area contributed by atoms with Gasteiger partial charge in [0, 0.05) is 6.20 Å². The number of rotatable bonds is 4. The topological polar surface area (TPSA) is 91.3 Å². The number of aliphatic hydroxyl groups excluding tert-OH is 2. The van der Waals surface area contributed by atoms with Gasteiger partial charge in [-0.05, 0) is 38.9 Å². The van der Waals surface area contributed by atoms with E-state index in [1.54, 1.807) is 17.2 Å². The predicted molar refractivity (Wildman–Crippen MR) is 92.4 cm³/mol. The third-order valence-corrected chi connectivity index (χ3v) is 5.52. The molecule has 2 rings (SSSR count). The number of nitrogens with two attached hydrogens (primary N) is 1. The maximum absolute atomic E-state index is 10.4. The fourth-order valence-electron chi connectivity index (χ4n) is 2.60. The van der Waals surface area contributed by atoms with Crippen LogP contribution in [0.25, 0.3) is 0 Å². The lowest BCUT2D eigenvalue weighted by atomic mass is 9.94. The van der Waals surface area contributed by atoms with Gasteiger partial charge in [-0.1, -0.05) is 6.58 Å². The molecule has 0 bridgehead atoms. The van der Waals surface area contributed by atoms with Crippen LogP contribution in [0.5, 0.6) is 0 Å². The minimum absolute atomic E-state index is 0.348. The zero-order chi connectivity index (χ0) is 16.7. The Balaban J connectivity index is 2.15. The van der Waals surface area contributed by atoms with Gasteiger partial charge in [0.1, 0.15) is 23.9 Å². The highest BCUT2D eigenvalue weighted by molar-refractivity contribution is 7.72. The van der Waals surface area contributed by atoms with Gasteiger partial charge in [-0.15, -0.1) is 13.2 Å². The van der Waals surface area contributed by atoms with Gasteiger partial charge in [0.05, 0.1) is 5.60 Å². The normalized spacial score (nSPS) is 35.9. The van der Waals surface area contributed by atoms with Crippen LogP contribution in [0.15, 0.2) is 29.7 Å². The van der Waals surface area contributed by atoms with Gasteiger partial charge >= 0.3 is 0 Å². The minimum atomic E-state index is -1.24. The van der Waals surface area contributed by atoms with Crippen LogP contribution < -0.4 is 5.73 Å². The number of aliphatic hydroxyl groups is 2. The van der Waals surface area contributed by atoms with E-state index in [9.17, 15) is 10.2 Å². The summed E-state index contributed by atoms with van der Waals surface area (Å²) in [5, 5.41) is 20.8. The molecule has 1 saturated heterocycles. The minimum Gasteiger partial charge on any atom is -0.387 e. The van der Waals surface area contributed by atoms with Crippen molar-refractivity contribution in [3.63, 3.8) is 0 Å². The summed E-state index contributed by atoms with van der Waals surface area (Å²) < 4.78 is 6.01. The van der Waals surface area contributed by atoms with E-state index in [4.69, 9.17) is 10.5 Å². The number of hydrogen-bond acceptors (Lipinski definition) is 6. The Kier molecular flexibility index (Phi) is 4.60. The summed E-state index contributed by atoms with van der Waals surface area (Å²) in [6.07, 6.45) is 6.21. The second-order valence-corrected chi connectivity index (χ2v) is 11.2. The first-order valence-electron chi connectivity index (χ1n) is 7.24. The summed E-state index contributed by atoms with van der Waals surface area (Å²) in [5.74, 6) is 0.728. The van der Waals surface area contributed by atoms with E-state index >= 15 is 0 Å². The van der Waals surface area contributed by atoms with E-state index < -0.39 is 30.9 Å². The van der Waals surface area contributed by atoms with Gasteiger partial charge in [-0.25, -0.2) is 4.99 Å². The number of ether oxygens (including phenoxy) is 1. The quantitative estimate of drug-likeness (QED) is 0.657. The second kappa shape index (κ2) is 5.85. The van der Waals surface area contributed by atoms with E-state index in [0.717, 1.165) is 6.16 Å². The monoisotopic (exact) mass is 327 g/mol. The van der Waals surface area contributed by atoms with Crippen molar-refractivity contribution < 1.29 is 14.9 Å². The zero-order valence-corrected chi connectivity index (χ0v) is 14.3. The average molecular weight is 327 g/mol. The molecule has 124 valence electrons. The lowest BCUT2D eigenvalue weighted by Crippen LogP contribution is -2.43. The third-order valence-electron chi connectivity index (χ3n) is 4.08. The Labute approximate surface area is 131 Å². The molecule has 7 heteroatoms. The molecular formula is C15H26N3O3P. The smallest absolute Gasteiger partial charge is 0.164 e. The predicted octanol–water partition coefficient (Wildman–Crippen LogP) is 0.580. The van der Waals surface area contributed by atoms with Crippen molar-refractivity contribution in [3.05, 3.63) is 24.7 Å². The maximum atomic E-state index is 10.4. The molecular weight excluding hydrogens is 301 g/mol. The molecule has 4 atom stereocenters. The molecule has 2 heterocycles. The van der Waals surface area contributed by atoms with Crippen molar-refractivity contribution in [1.82, 2.24) is 4.90 Å². The van der Waals surface area contributed by atoms with E-state index in [-0.39, 0.29) is 0 Å². The molecule has 0 saturated carbocycles. The van der Waals surface area contributed by atoms with Crippen molar-refractivity contribution in [2.24, 2.45) is 10.7 Å². The average Bonchev–Trinajstić information content (AvgIpc) is 2.61. The second-order valence-electron chi connectivity index (χ2n) is 6.84. The molecule has 2 aliphatic heterocycles. The van der Waals surface area contributed by atoms with E-state index in [1.807, 2.05) is 6.92 Å². The number of amidine groups is 1. The van der Waals surface area contributed by atoms with E-state index in [1.165, 1.54) is 0 Å². The zero-order valence-electron chi connectivity index (χ0n) is 13.4. The summed E-state index contributed by atoms with van der Waals surface area (Å²) in [6.45, 7) is 8.68. The van der Waals surface area contributed by atoms with Crippen molar-refractivity contribution in [3.8, 4) is 0 Å². The molecule has 0 aliphatic carbocycles. The SMILES string of the molecule is C=C1N=C(N)C=CN1[C@@H]1O[C@](C)(CCP(=C)(C)C)[C@@H](O)C1O. The van der Waals surface area contributed by atoms with Gasteiger partial charge in [0.25, 0.3) is 0 Å². The first-order chi connectivity index (χ1) is 10.0. The molecule has 1 fully saturated rings. The Bertz CT molecular complexity index is 568. The number of hydrogen-bond donors (Lipinski definition) is 3. The van der Waals surface area contributed by atoms with Crippen molar-refractivity contribution in [2.75, 3.05) is 19.5 Å². The Morgan fingerprint density at radius 2 is 2.14 bits per heavy atom. The largest absolute Gasteiger partial charge is 0.387 e. The molecule has 0 aromatic rings. The third kappa shape index (κ3) is 3.46. The van der Waals surface area contributed by atoms with Crippen LogP contribution in [0, 0.1) is 0 Å². The van der Waals surface area contributed by atoms with Crippen molar-refractivity contribution in [2.45, 2.75) is 37.4 Å². The van der Waals surface area contributed by atoms with Gasteiger partial charge in [-0.2, -0.15) is 0 Å². The highest BCUT2D eigenvalue weighted by atomic mass is 31.2. The Hall–Kier alpha value is -1.07. The van der Waals surface area contributed by atoms with Crippen LogP contribution in [0.1, 0.15) is 13.3 Å². The molecule has 22 heavy (non-hydrogen) atoms. The van der Waals surface area contributed by atoms with Crippen molar-refractivity contribution >= 4 is 19.0 Å². The molecule has 0 spiro atoms. The van der Waals surface area contributed by atoms with Crippen LogP contribution in [-0.4, -0.2) is 70.8 Å². The summed E-state index contributed by atoms with van der Waals surface area (Å²) in [6, 6.07) is 0. The van der Waals surface area contributed by atoms with Gasteiger partial charge in [-0.3, -0.25) is 0 Å². The lowest BCUT2D eigenvalue weighted by Gasteiger charge is -2.32. The van der Waals surface area contributed by atoms with Gasteiger partial charge in [0.2, 0.25) is 0 Å². The molecule has 0 aromatic heterocycles. The Morgan fingerprint density at radius 1 is 1.50 bits per heavy atom. The fourth-order valence-corrected chi connectivity index (χ4v) is 3.65. The molecule has 4 N–H and O–H groups in total. The maximum Gasteiger partial charge on any atom is 0.164 e. The summed E-state index contributed by atoms with van der Waals surface area (Å²) in [7, 11) is 0. The van der Waals surface area contributed by atoms with Crippen LogP contribution in [0.3, 0.4) is 0 Å². The molecule has 2 aliphatic rings. The van der Waals surface area contributed by atoms with E-state index in [2.05, 4.69) is 31.2 Å². The molecule has 0 amide bonds. The molecule has 0 radical (unpaired) electrons. The first-order valence-corrected chi connectivity index (χ1v) is 10.3. The van der Waals surface area contributed by atoms with Crippen molar-refractivity contribution in [1.29, 1.82) is 0 Å². The van der Waals surface area contributed by atoms with Crippen LogP contribution in [-0.2, 0) is 4.74 Å².